The topological polar surface area (TPSA) is 66.4 Å². The molecule has 4 nitrogen and oxygen atoms in total. The van der Waals surface area contributed by atoms with Gasteiger partial charge in [0.05, 0.1) is 12.4 Å². The predicted molar refractivity (Wildman–Crippen MR) is 79.8 cm³/mol. The van der Waals surface area contributed by atoms with Gasteiger partial charge < -0.3 is 5.11 Å². The summed E-state index contributed by atoms with van der Waals surface area (Å²) < 4.78 is 26.6. The van der Waals surface area contributed by atoms with E-state index in [9.17, 15) is 8.42 Å². The van der Waals surface area contributed by atoms with Crippen molar-refractivity contribution in [3.63, 3.8) is 0 Å². The number of nitrogens with one attached hydrogen (secondary N) is 1. The highest BCUT2D eigenvalue weighted by molar-refractivity contribution is 7.91. The number of aryl methyl sites for hydroxylation is 1. The summed E-state index contributed by atoms with van der Waals surface area (Å²) in [6.07, 6.45) is 0. The molecule has 20 heavy (non-hydrogen) atoms. The van der Waals surface area contributed by atoms with Crippen molar-refractivity contribution >= 4 is 15.7 Å². The number of anilines is 1. The van der Waals surface area contributed by atoms with Gasteiger partial charge in [-0.15, -0.1) is 0 Å². The molecule has 0 heterocycles. The molecule has 0 saturated heterocycles. The Bertz CT molecular complexity index is 661. The molecular weight excluding hydrogens is 274 g/mol. The lowest BCUT2D eigenvalue weighted by Crippen LogP contribution is -2.15. The third-order valence-electron chi connectivity index (χ3n) is 2.89. The molecule has 106 valence electrons. The highest BCUT2D eigenvalue weighted by Gasteiger charge is 2.11. The van der Waals surface area contributed by atoms with E-state index in [1.807, 2.05) is 19.1 Å². The largest absolute Gasteiger partial charge is 0.392 e. The number of aliphatic hydroxyl groups is 1. The van der Waals surface area contributed by atoms with E-state index in [-0.39, 0.29) is 12.4 Å². The molecule has 2 aromatic rings. The van der Waals surface area contributed by atoms with Crippen molar-refractivity contribution in [3.8, 4) is 0 Å². The number of rotatable bonds is 5. The van der Waals surface area contributed by atoms with Crippen molar-refractivity contribution in [2.75, 3.05) is 4.72 Å². The van der Waals surface area contributed by atoms with Gasteiger partial charge in [-0.3, -0.25) is 4.72 Å². The summed E-state index contributed by atoms with van der Waals surface area (Å²) in [7, 11) is -3.43. The summed E-state index contributed by atoms with van der Waals surface area (Å²) >= 11 is 0. The molecule has 0 unspecified atom stereocenters. The lowest BCUT2D eigenvalue weighted by atomic mass is 10.2. The van der Waals surface area contributed by atoms with Crippen LogP contribution in [0.1, 0.15) is 16.7 Å². The van der Waals surface area contributed by atoms with Gasteiger partial charge in [0, 0.05) is 5.69 Å². The standard InChI is InChI=1S/C15H17NO3S/c1-12-2-8-15(9-3-12)16-20(18,19)11-14-6-4-13(10-17)5-7-14/h2-9,16-17H,10-11H2,1H3. The zero-order chi connectivity index (χ0) is 14.6. The van der Waals surface area contributed by atoms with Crippen molar-refractivity contribution < 1.29 is 13.5 Å². The third-order valence-corrected chi connectivity index (χ3v) is 4.15. The number of benzene rings is 2. The molecule has 0 spiro atoms. The first-order valence-corrected chi connectivity index (χ1v) is 7.89. The van der Waals surface area contributed by atoms with Crippen LogP contribution in [0.15, 0.2) is 48.5 Å². The first-order chi connectivity index (χ1) is 9.48. The van der Waals surface area contributed by atoms with E-state index >= 15 is 0 Å². The quantitative estimate of drug-likeness (QED) is 0.889. The summed E-state index contributed by atoms with van der Waals surface area (Å²) in [5.41, 5.74) is 3.08. The molecule has 0 amide bonds. The molecule has 0 atom stereocenters. The normalized spacial score (nSPS) is 11.3. The van der Waals surface area contributed by atoms with Crippen LogP contribution in [0.2, 0.25) is 0 Å². The molecule has 0 aromatic heterocycles. The Morgan fingerprint density at radius 3 is 2.05 bits per heavy atom. The molecular formula is C15H17NO3S. The molecule has 0 aliphatic carbocycles. The SMILES string of the molecule is Cc1ccc(NS(=O)(=O)Cc2ccc(CO)cc2)cc1. The van der Waals surface area contributed by atoms with Crippen LogP contribution in [0, 0.1) is 6.92 Å². The molecule has 2 rings (SSSR count). The van der Waals surface area contributed by atoms with Gasteiger partial charge in [0.15, 0.2) is 0 Å². The maximum atomic E-state index is 12.0. The summed E-state index contributed by atoms with van der Waals surface area (Å²) in [5, 5.41) is 8.95. The third kappa shape index (κ3) is 4.08. The van der Waals surface area contributed by atoms with E-state index in [2.05, 4.69) is 4.72 Å². The van der Waals surface area contributed by atoms with Crippen LogP contribution >= 0.6 is 0 Å². The van der Waals surface area contributed by atoms with E-state index in [4.69, 9.17) is 5.11 Å². The molecule has 0 aliphatic rings. The first-order valence-electron chi connectivity index (χ1n) is 6.24. The summed E-state index contributed by atoms with van der Waals surface area (Å²) in [4.78, 5) is 0. The first kappa shape index (κ1) is 14.6. The fourth-order valence-corrected chi connectivity index (χ4v) is 3.00. The van der Waals surface area contributed by atoms with Crippen molar-refractivity contribution in [2.24, 2.45) is 0 Å². The number of aliphatic hydroxyl groups excluding tert-OH is 1. The molecule has 0 saturated carbocycles. The van der Waals surface area contributed by atoms with Crippen LogP contribution < -0.4 is 4.72 Å². The van der Waals surface area contributed by atoms with E-state index in [1.54, 1.807) is 36.4 Å². The minimum absolute atomic E-state index is 0.0470. The van der Waals surface area contributed by atoms with Gasteiger partial charge in [0.2, 0.25) is 10.0 Å². The predicted octanol–water partition coefficient (Wildman–Crippen LogP) is 2.43. The second kappa shape index (κ2) is 6.07. The van der Waals surface area contributed by atoms with Gasteiger partial charge in [0.25, 0.3) is 0 Å². The number of hydrogen-bond donors (Lipinski definition) is 2. The Hall–Kier alpha value is -1.85. The summed E-state index contributed by atoms with van der Waals surface area (Å²) in [6, 6.07) is 14.0. The second-order valence-electron chi connectivity index (χ2n) is 4.70. The van der Waals surface area contributed by atoms with Crippen LogP contribution in [-0.2, 0) is 22.4 Å². The summed E-state index contributed by atoms with van der Waals surface area (Å²) in [5.74, 6) is -0.0907. The lowest BCUT2D eigenvalue weighted by Gasteiger charge is -2.08. The van der Waals surface area contributed by atoms with E-state index < -0.39 is 10.0 Å². The highest BCUT2D eigenvalue weighted by Crippen LogP contribution is 2.14. The van der Waals surface area contributed by atoms with Gasteiger partial charge in [-0.05, 0) is 30.2 Å². The van der Waals surface area contributed by atoms with Crippen LogP contribution in [0.4, 0.5) is 5.69 Å². The van der Waals surface area contributed by atoms with Crippen molar-refractivity contribution in [3.05, 3.63) is 65.2 Å². The highest BCUT2D eigenvalue weighted by atomic mass is 32.2. The average molecular weight is 291 g/mol. The maximum absolute atomic E-state index is 12.0. The fraction of sp³-hybridized carbons (Fsp3) is 0.200. The van der Waals surface area contributed by atoms with Gasteiger partial charge in [-0.1, -0.05) is 42.0 Å². The zero-order valence-electron chi connectivity index (χ0n) is 11.2. The summed E-state index contributed by atoms with van der Waals surface area (Å²) in [6.45, 7) is 1.90. The van der Waals surface area contributed by atoms with Crippen LogP contribution in [0.3, 0.4) is 0 Å². The van der Waals surface area contributed by atoms with E-state index in [0.29, 0.717) is 11.3 Å². The smallest absolute Gasteiger partial charge is 0.236 e. The Morgan fingerprint density at radius 1 is 0.950 bits per heavy atom. The van der Waals surface area contributed by atoms with Crippen molar-refractivity contribution in [1.82, 2.24) is 0 Å². The maximum Gasteiger partial charge on any atom is 0.236 e. The van der Waals surface area contributed by atoms with Gasteiger partial charge in [-0.25, -0.2) is 8.42 Å². The fourth-order valence-electron chi connectivity index (χ4n) is 1.80. The Balaban J connectivity index is 2.08. The van der Waals surface area contributed by atoms with Gasteiger partial charge >= 0.3 is 0 Å². The second-order valence-corrected chi connectivity index (χ2v) is 6.42. The van der Waals surface area contributed by atoms with Gasteiger partial charge in [0.1, 0.15) is 0 Å². The lowest BCUT2D eigenvalue weighted by molar-refractivity contribution is 0.282. The molecule has 0 radical (unpaired) electrons. The molecule has 5 heteroatoms. The van der Waals surface area contributed by atoms with Gasteiger partial charge in [-0.2, -0.15) is 0 Å². The molecule has 2 aromatic carbocycles. The van der Waals surface area contributed by atoms with E-state index in [1.165, 1.54) is 0 Å². The Morgan fingerprint density at radius 2 is 1.50 bits per heavy atom. The zero-order valence-corrected chi connectivity index (χ0v) is 12.0. The van der Waals surface area contributed by atoms with Crippen molar-refractivity contribution in [2.45, 2.75) is 19.3 Å². The average Bonchev–Trinajstić information content (AvgIpc) is 2.41. The Kier molecular flexibility index (Phi) is 4.42. The number of hydrogen-bond acceptors (Lipinski definition) is 3. The van der Waals surface area contributed by atoms with Crippen LogP contribution in [0.5, 0.6) is 0 Å². The monoisotopic (exact) mass is 291 g/mol. The molecule has 0 fully saturated rings. The molecule has 0 bridgehead atoms. The minimum atomic E-state index is -3.43. The van der Waals surface area contributed by atoms with Crippen molar-refractivity contribution in [1.29, 1.82) is 0 Å². The molecule has 0 aliphatic heterocycles. The number of sulfonamides is 1. The molecule has 2 N–H and O–H groups in total. The van der Waals surface area contributed by atoms with E-state index in [0.717, 1.165) is 11.1 Å². The minimum Gasteiger partial charge on any atom is -0.392 e. The van der Waals surface area contributed by atoms with Crippen LogP contribution in [-0.4, -0.2) is 13.5 Å². The Labute approximate surface area is 119 Å². The van der Waals surface area contributed by atoms with Crippen LogP contribution in [0.25, 0.3) is 0 Å².